The lowest BCUT2D eigenvalue weighted by Crippen LogP contribution is -2.25. The Morgan fingerprint density at radius 2 is 2.22 bits per heavy atom. The van der Waals surface area contributed by atoms with Crippen LogP contribution in [0.15, 0.2) is 22.7 Å². The Balaban J connectivity index is 2.34. The van der Waals surface area contributed by atoms with Gasteiger partial charge in [0, 0.05) is 18.7 Å². The third-order valence-corrected chi connectivity index (χ3v) is 2.85. The first-order chi connectivity index (χ1) is 8.50. The third-order valence-electron chi connectivity index (χ3n) is 2.24. The van der Waals surface area contributed by atoms with Crippen LogP contribution in [0.3, 0.4) is 0 Å². The molecule has 0 fully saturated rings. The molecule has 0 spiro atoms. The van der Waals surface area contributed by atoms with Gasteiger partial charge in [0.2, 0.25) is 0 Å². The van der Waals surface area contributed by atoms with Crippen molar-refractivity contribution in [1.82, 2.24) is 5.32 Å². The second-order valence-corrected chi connectivity index (χ2v) is 5.01. The molecule has 0 atom stereocenters. The zero-order valence-corrected chi connectivity index (χ0v) is 12.1. The van der Waals surface area contributed by atoms with Crippen LogP contribution in [0.4, 0.5) is 4.39 Å². The summed E-state index contributed by atoms with van der Waals surface area (Å²) in [5.41, 5.74) is 0.438. The maximum Gasteiger partial charge on any atom is 0.251 e. The van der Waals surface area contributed by atoms with Crippen molar-refractivity contribution in [3.63, 3.8) is 0 Å². The van der Waals surface area contributed by atoms with E-state index >= 15 is 0 Å². The van der Waals surface area contributed by atoms with E-state index in [0.717, 1.165) is 6.42 Å². The van der Waals surface area contributed by atoms with E-state index in [4.69, 9.17) is 4.74 Å². The summed E-state index contributed by atoms with van der Waals surface area (Å²) >= 11 is 3.05. The Hall–Kier alpha value is -0.940. The number of halogens is 2. The van der Waals surface area contributed by atoms with Gasteiger partial charge in [0.1, 0.15) is 5.82 Å². The molecule has 0 aliphatic carbocycles. The minimum atomic E-state index is -0.378. The van der Waals surface area contributed by atoms with Gasteiger partial charge in [-0.05, 0) is 54.4 Å². The van der Waals surface area contributed by atoms with Gasteiger partial charge in [-0.15, -0.1) is 0 Å². The van der Waals surface area contributed by atoms with Gasteiger partial charge in [0.25, 0.3) is 5.91 Å². The zero-order chi connectivity index (χ0) is 13.5. The van der Waals surface area contributed by atoms with Crippen molar-refractivity contribution in [2.24, 2.45) is 0 Å². The molecular weight excluding hydrogens is 301 g/mol. The number of hydrogen-bond acceptors (Lipinski definition) is 2. The number of hydrogen-bond donors (Lipinski definition) is 1. The SMILES string of the molecule is CC(C)OCCCNC(=O)c1ccc(F)c(Br)c1. The van der Waals surface area contributed by atoms with Crippen LogP contribution in [0.2, 0.25) is 0 Å². The Kier molecular flexibility index (Phi) is 6.29. The van der Waals surface area contributed by atoms with Crippen LogP contribution < -0.4 is 5.32 Å². The predicted octanol–water partition coefficient (Wildman–Crippen LogP) is 3.13. The van der Waals surface area contributed by atoms with Gasteiger partial charge in [-0.2, -0.15) is 0 Å². The van der Waals surface area contributed by atoms with Gasteiger partial charge < -0.3 is 10.1 Å². The van der Waals surface area contributed by atoms with E-state index in [-0.39, 0.29) is 17.8 Å². The van der Waals surface area contributed by atoms with Gasteiger partial charge in [0.05, 0.1) is 10.6 Å². The normalized spacial score (nSPS) is 10.7. The smallest absolute Gasteiger partial charge is 0.251 e. The highest BCUT2D eigenvalue weighted by Crippen LogP contribution is 2.16. The summed E-state index contributed by atoms with van der Waals surface area (Å²) in [6.07, 6.45) is 0.959. The molecule has 0 saturated heterocycles. The second kappa shape index (κ2) is 7.48. The van der Waals surface area contributed by atoms with Crippen molar-refractivity contribution in [3.8, 4) is 0 Å². The highest BCUT2D eigenvalue weighted by molar-refractivity contribution is 9.10. The van der Waals surface area contributed by atoms with Crippen molar-refractivity contribution in [3.05, 3.63) is 34.1 Å². The third kappa shape index (κ3) is 5.14. The average molecular weight is 318 g/mol. The number of benzene rings is 1. The van der Waals surface area contributed by atoms with Crippen LogP contribution in [-0.4, -0.2) is 25.2 Å². The Morgan fingerprint density at radius 3 is 2.83 bits per heavy atom. The number of carbonyl (C=O) groups excluding carboxylic acids is 1. The first-order valence-electron chi connectivity index (χ1n) is 5.85. The fourth-order valence-electron chi connectivity index (χ4n) is 1.33. The van der Waals surface area contributed by atoms with Crippen LogP contribution in [0.5, 0.6) is 0 Å². The Bertz CT molecular complexity index is 410. The second-order valence-electron chi connectivity index (χ2n) is 4.16. The molecule has 0 saturated carbocycles. The summed E-state index contributed by atoms with van der Waals surface area (Å²) in [6.45, 7) is 5.09. The quantitative estimate of drug-likeness (QED) is 0.819. The minimum Gasteiger partial charge on any atom is -0.379 e. The molecule has 0 heterocycles. The van der Waals surface area contributed by atoms with E-state index in [1.165, 1.54) is 18.2 Å². The van der Waals surface area contributed by atoms with Crippen molar-refractivity contribution >= 4 is 21.8 Å². The topological polar surface area (TPSA) is 38.3 Å². The highest BCUT2D eigenvalue weighted by Gasteiger charge is 2.07. The molecule has 1 aromatic carbocycles. The highest BCUT2D eigenvalue weighted by atomic mass is 79.9. The van der Waals surface area contributed by atoms with Gasteiger partial charge in [-0.1, -0.05) is 0 Å². The molecule has 1 N–H and O–H groups in total. The summed E-state index contributed by atoms with van der Waals surface area (Å²) in [7, 11) is 0. The van der Waals surface area contributed by atoms with E-state index in [9.17, 15) is 9.18 Å². The van der Waals surface area contributed by atoms with Crippen LogP contribution in [0, 0.1) is 5.82 Å². The van der Waals surface area contributed by atoms with Crippen LogP contribution in [0.1, 0.15) is 30.6 Å². The van der Waals surface area contributed by atoms with Gasteiger partial charge in [0.15, 0.2) is 0 Å². The molecule has 100 valence electrons. The first-order valence-corrected chi connectivity index (χ1v) is 6.65. The minimum absolute atomic E-state index is 0.203. The molecule has 3 nitrogen and oxygen atoms in total. The fraction of sp³-hybridized carbons (Fsp3) is 0.462. The number of amides is 1. The number of ether oxygens (including phenoxy) is 1. The summed E-state index contributed by atoms with van der Waals surface area (Å²) in [4.78, 5) is 11.7. The maximum atomic E-state index is 13.0. The molecule has 1 rings (SSSR count). The van der Waals surface area contributed by atoms with E-state index in [2.05, 4.69) is 21.2 Å². The van der Waals surface area contributed by atoms with Crippen LogP contribution in [0.25, 0.3) is 0 Å². The molecule has 1 aromatic rings. The van der Waals surface area contributed by atoms with E-state index in [1.807, 2.05) is 13.8 Å². The van der Waals surface area contributed by atoms with Crippen LogP contribution >= 0.6 is 15.9 Å². The monoisotopic (exact) mass is 317 g/mol. The fourth-order valence-corrected chi connectivity index (χ4v) is 1.71. The molecule has 0 aliphatic rings. The van der Waals surface area contributed by atoms with Crippen LogP contribution in [-0.2, 0) is 4.74 Å². The Labute approximate surface area is 115 Å². The lowest BCUT2D eigenvalue weighted by molar-refractivity contribution is 0.0757. The zero-order valence-electron chi connectivity index (χ0n) is 10.5. The Morgan fingerprint density at radius 1 is 1.50 bits per heavy atom. The summed E-state index contributed by atoms with van der Waals surface area (Å²) in [5.74, 6) is -0.586. The molecule has 18 heavy (non-hydrogen) atoms. The van der Waals surface area contributed by atoms with E-state index in [0.29, 0.717) is 23.2 Å². The number of rotatable bonds is 6. The molecule has 0 aliphatic heterocycles. The summed E-state index contributed by atoms with van der Waals surface area (Å²) < 4.78 is 18.6. The summed E-state index contributed by atoms with van der Waals surface area (Å²) in [5, 5.41) is 2.76. The van der Waals surface area contributed by atoms with Gasteiger partial charge in [-0.25, -0.2) is 4.39 Å². The first kappa shape index (κ1) is 15.1. The molecule has 0 radical (unpaired) electrons. The molecular formula is C13H17BrFNO2. The largest absolute Gasteiger partial charge is 0.379 e. The lowest BCUT2D eigenvalue weighted by Gasteiger charge is -2.08. The van der Waals surface area contributed by atoms with Gasteiger partial charge >= 0.3 is 0 Å². The van der Waals surface area contributed by atoms with Crippen molar-refractivity contribution < 1.29 is 13.9 Å². The number of carbonyl (C=O) groups is 1. The van der Waals surface area contributed by atoms with Gasteiger partial charge in [-0.3, -0.25) is 4.79 Å². The standard InChI is InChI=1S/C13H17BrFNO2/c1-9(2)18-7-3-6-16-13(17)10-4-5-12(15)11(14)8-10/h4-5,8-9H,3,6-7H2,1-2H3,(H,16,17). The number of nitrogens with one attached hydrogen (secondary N) is 1. The van der Waals surface area contributed by atoms with E-state index < -0.39 is 0 Å². The van der Waals surface area contributed by atoms with E-state index in [1.54, 1.807) is 0 Å². The molecule has 1 amide bonds. The molecule has 0 bridgehead atoms. The average Bonchev–Trinajstić information content (AvgIpc) is 2.31. The maximum absolute atomic E-state index is 13.0. The summed E-state index contributed by atoms with van der Waals surface area (Å²) in [6, 6.07) is 4.19. The van der Waals surface area contributed by atoms with Crippen molar-refractivity contribution in [2.75, 3.05) is 13.2 Å². The lowest BCUT2D eigenvalue weighted by atomic mass is 10.2. The molecule has 0 unspecified atom stereocenters. The predicted molar refractivity (Wildman–Crippen MR) is 72.1 cm³/mol. The van der Waals surface area contributed by atoms with Crippen molar-refractivity contribution in [1.29, 1.82) is 0 Å². The molecule has 5 heteroatoms. The molecule has 0 aromatic heterocycles. The van der Waals surface area contributed by atoms with Crippen molar-refractivity contribution in [2.45, 2.75) is 26.4 Å².